The van der Waals surface area contributed by atoms with Gasteiger partial charge in [-0.3, -0.25) is 14.6 Å². The number of benzene rings is 1. The lowest BCUT2D eigenvalue weighted by Gasteiger charge is -2.20. The van der Waals surface area contributed by atoms with Crippen LogP contribution in [-0.2, 0) is 25.9 Å². The lowest BCUT2D eigenvalue weighted by atomic mass is 10.0. The van der Waals surface area contributed by atoms with E-state index >= 15 is 0 Å². The summed E-state index contributed by atoms with van der Waals surface area (Å²) in [6.07, 6.45) is 2.96. The molecule has 8 nitrogen and oxygen atoms in total. The molecule has 0 aliphatic rings. The Bertz CT molecular complexity index is 1300. The van der Waals surface area contributed by atoms with E-state index in [1.807, 2.05) is 60.0 Å². The van der Waals surface area contributed by atoms with Gasteiger partial charge in [-0.1, -0.05) is 46.7 Å². The van der Waals surface area contributed by atoms with Gasteiger partial charge in [0, 0.05) is 23.7 Å². The van der Waals surface area contributed by atoms with Gasteiger partial charge in [-0.15, -0.1) is 0 Å². The van der Waals surface area contributed by atoms with Crippen LogP contribution in [0.1, 0.15) is 44.4 Å². The number of amides is 1. The molecule has 3 aromatic heterocycles. The third-order valence-electron chi connectivity index (χ3n) is 5.56. The van der Waals surface area contributed by atoms with Crippen molar-refractivity contribution in [2.24, 2.45) is 0 Å². The van der Waals surface area contributed by atoms with E-state index in [0.29, 0.717) is 36.5 Å². The Morgan fingerprint density at radius 1 is 1.03 bits per heavy atom. The van der Waals surface area contributed by atoms with Gasteiger partial charge in [0.25, 0.3) is 5.91 Å². The Balaban J connectivity index is 1.71. The SMILES string of the molecule is Cc1nonc1CNC(=O)c1c(CCc2ccccc2)n(Cc2ccccn2)c(C)cc1=O. The van der Waals surface area contributed by atoms with Crippen LogP contribution < -0.4 is 10.7 Å². The molecule has 0 bridgehead atoms. The van der Waals surface area contributed by atoms with Crippen LogP contribution in [0.25, 0.3) is 0 Å². The number of hydrogen-bond acceptors (Lipinski definition) is 6. The molecule has 0 spiro atoms. The standard InChI is InChI=1S/C25H25N5O3/c1-17-14-23(31)24(25(32)27-15-21-18(2)28-33-29-21)22(12-11-19-8-4-3-5-9-19)30(17)16-20-10-6-7-13-26-20/h3-10,13-14H,11-12,15-16H2,1-2H3,(H,27,32). The number of carbonyl (C=O) groups is 1. The largest absolute Gasteiger partial charge is 0.346 e. The molecule has 0 aliphatic heterocycles. The molecule has 1 N–H and O–H groups in total. The number of aromatic nitrogens is 4. The van der Waals surface area contributed by atoms with Crippen molar-refractivity contribution in [3.8, 4) is 0 Å². The number of hydrogen-bond donors (Lipinski definition) is 1. The average Bonchev–Trinajstić information content (AvgIpc) is 3.24. The molecule has 3 heterocycles. The van der Waals surface area contributed by atoms with Crippen molar-refractivity contribution in [3.63, 3.8) is 0 Å². The minimum absolute atomic E-state index is 0.125. The molecule has 1 aromatic carbocycles. The fourth-order valence-corrected chi connectivity index (χ4v) is 3.78. The molecule has 1 amide bonds. The second-order valence-corrected chi connectivity index (χ2v) is 7.84. The first-order valence-corrected chi connectivity index (χ1v) is 10.8. The number of nitrogens with zero attached hydrogens (tertiary/aromatic N) is 4. The van der Waals surface area contributed by atoms with E-state index in [1.165, 1.54) is 6.07 Å². The smallest absolute Gasteiger partial charge is 0.257 e. The van der Waals surface area contributed by atoms with Crippen LogP contribution in [0, 0.1) is 13.8 Å². The molecule has 33 heavy (non-hydrogen) atoms. The highest BCUT2D eigenvalue weighted by molar-refractivity contribution is 5.95. The van der Waals surface area contributed by atoms with Crippen LogP contribution in [0.3, 0.4) is 0 Å². The van der Waals surface area contributed by atoms with Crippen molar-refractivity contribution in [2.45, 2.75) is 39.8 Å². The summed E-state index contributed by atoms with van der Waals surface area (Å²) in [5.41, 5.74) is 4.39. The predicted molar refractivity (Wildman–Crippen MR) is 123 cm³/mol. The Labute approximate surface area is 191 Å². The minimum Gasteiger partial charge on any atom is -0.346 e. The zero-order valence-corrected chi connectivity index (χ0v) is 18.6. The lowest BCUT2D eigenvalue weighted by molar-refractivity contribution is 0.0947. The zero-order valence-electron chi connectivity index (χ0n) is 18.6. The van der Waals surface area contributed by atoms with E-state index in [2.05, 4.69) is 20.6 Å². The fourth-order valence-electron chi connectivity index (χ4n) is 3.78. The van der Waals surface area contributed by atoms with Crippen LogP contribution in [0.15, 0.2) is 70.2 Å². The molecule has 0 aliphatic carbocycles. The topological polar surface area (TPSA) is 103 Å². The predicted octanol–water partition coefficient (Wildman–Crippen LogP) is 3.01. The Morgan fingerprint density at radius 2 is 1.82 bits per heavy atom. The highest BCUT2D eigenvalue weighted by Crippen LogP contribution is 2.15. The first-order valence-electron chi connectivity index (χ1n) is 10.8. The summed E-state index contributed by atoms with van der Waals surface area (Å²) in [6, 6.07) is 17.2. The van der Waals surface area contributed by atoms with E-state index in [9.17, 15) is 9.59 Å². The normalized spacial score (nSPS) is 10.8. The first kappa shape index (κ1) is 22.1. The Morgan fingerprint density at radius 3 is 2.52 bits per heavy atom. The summed E-state index contributed by atoms with van der Waals surface area (Å²) in [6.45, 7) is 4.21. The summed E-state index contributed by atoms with van der Waals surface area (Å²) in [4.78, 5) is 30.6. The van der Waals surface area contributed by atoms with Crippen LogP contribution in [0.5, 0.6) is 0 Å². The molecular formula is C25H25N5O3. The number of pyridine rings is 2. The molecule has 0 radical (unpaired) electrons. The van der Waals surface area contributed by atoms with Crippen molar-refractivity contribution in [1.29, 1.82) is 0 Å². The average molecular weight is 444 g/mol. The van der Waals surface area contributed by atoms with E-state index in [0.717, 1.165) is 17.0 Å². The molecule has 0 saturated heterocycles. The Hall–Kier alpha value is -4.07. The van der Waals surface area contributed by atoms with E-state index in [1.54, 1.807) is 13.1 Å². The molecule has 168 valence electrons. The maximum absolute atomic E-state index is 13.2. The third kappa shape index (κ3) is 5.23. The van der Waals surface area contributed by atoms with Crippen LogP contribution in [0.4, 0.5) is 0 Å². The second-order valence-electron chi connectivity index (χ2n) is 7.84. The zero-order chi connectivity index (χ0) is 23.2. The molecule has 0 saturated carbocycles. The number of nitrogens with one attached hydrogen (secondary N) is 1. The highest BCUT2D eigenvalue weighted by Gasteiger charge is 2.21. The molecular weight excluding hydrogens is 418 g/mol. The van der Waals surface area contributed by atoms with Gasteiger partial charge in [0.15, 0.2) is 5.43 Å². The molecule has 0 fully saturated rings. The van der Waals surface area contributed by atoms with Crippen molar-refractivity contribution < 1.29 is 9.42 Å². The van der Waals surface area contributed by atoms with Crippen molar-refractivity contribution in [1.82, 2.24) is 25.2 Å². The summed E-state index contributed by atoms with van der Waals surface area (Å²) in [7, 11) is 0. The molecule has 4 aromatic rings. The highest BCUT2D eigenvalue weighted by atomic mass is 16.6. The molecule has 0 atom stereocenters. The Kier molecular flexibility index (Phi) is 6.73. The molecule has 0 unspecified atom stereocenters. The van der Waals surface area contributed by atoms with Crippen LogP contribution >= 0.6 is 0 Å². The van der Waals surface area contributed by atoms with Crippen LogP contribution in [0.2, 0.25) is 0 Å². The van der Waals surface area contributed by atoms with E-state index in [-0.39, 0.29) is 17.5 Å². The van der Waals surface area contributed by atoms with Gasteiger partial charge in [0.2, 0.25) is 0 Å². The number of rotatable bonds is 8. The van der Waals surface area contributed by atoms with Gasteiger partial charge in [-0.2, -0.15) is 0 Å². The van der Waals surface area contributed by atoms with Gasteiger partial charge >= 0.3 is 0 Å². The second kappa shape index (κ2) is 10.0. The summed E-state index contributed by atoms with van der Waals surface area (Å²) >= 11 is 0. The van der Waals surface area contributed by atoms with Gasteiger partial charge in [0.05, 0.1) is 18.8 Å². The molecule has 4 rings (SSSR count). The van der Waals surface area contributed by atoms with Crippen LogP contribution in [-0.4, -0.2) is 25.8 Å². The maximum atomic E-state index is 13.2. The van der Waals surface area contributed by atoms with Crippen molar-refractivity contribution >= 4 is 5.91 Å². The molecule has 8 heteroatoms. The lowest BCUT2D eigenvalue weighted by Crippen LogP contribution is -2.33. The van der Waals surface area contributed by atoms with E-state index in [4.69, 9.17) is 4.63 Å². The monoisotopic (exact) mass is 443 g/mol. The van der Waals surface area contributed by atoms with Gasteiger partial charge in [-0.05, 0) is 44.4 Å². The summed E-state index contributed by atoms with van der Waals surface area (Å²) < 4.78 is 6.70. The maximum Gasteiger partial charge on any atom is 0.257 e. The minimum atomic E-state index is -0.444. The fraction of sp³-hybridized carbons (Fsp3) is 0.240. The summed E-state index contributed by atoms with van der Waals surface area (Å²) in [5, 5.41) is 10.3. The van der Waals surface area contributed by atoms with Gasteiger partial charge in [0.1, 0.15) is 17.0 Å². The quantitative estimate of drug-likeness (QED) is 0.449. The number of carbonyl (C=O) groups excluding carboxylic acids is 1. The first-order chi connectivity index (χ1) is 16.0. The van der Waals surface area contributed by atoms with Crippen molar-refractivity contribution in [2.75, 3.05) is 0 Å². The summed E-state index contributed by atoms with van der Waals surface area (Å²) in [5.74, 6) is -0.444. The van der Waals surface area contributed by atoms with E-state index < -0.39 is 5.91 Å². The van der Waals surface area contributed by atoms with Gasteiger partial charge < -0.3 is 9.88 Å². The van der Waals surface area contributed by atoms with Gasteiger partial charge in [-0.25, -0.2) is 4.63 Å². The number of aryl methyl sites for hydroxylation is 3. The van der Waals surface area contributed by atoms with Crippen molar-refractivity contribution in [3.05, 3.63) is 111 Å². The third-order valence-corrected chi connectivity index (χ3v) is 5.56.